The monoisotopic (exact) mass is 592 g/mol. The molecule has 3 rings (SSSR count). The van der Waals surface area contributed by atoms with Crippen molar-refractivity contribution in [2.24, 2.45) is 0 Å². The molecule has 2 aromatic heterocycles. The number of nitrogens with one attached hydrogen (secondary N) is 1. The van der Waals surface area contributed by atoms with E-state index >= 15 is 0 Å². The molecule has 2 aromatic rings. The normalized spacial score (nSPS) is 23.9. The van der Waals surface area contributed by atoms with E-state index < -0.39 is 54.1 Å². The number of anilines is 1. The van der Waals surface area contributed by atoms with Gasteiger partial charge in [0.25, 0.3) is 29.0 Å². The second kappa shape index (κ2) is 13.3. The van der Waals surface area contributed by atoms with E-state index in [9.17, 15) is 33.2 Å². The van der Waals surface area contributed by atoms with Gasteiger partial charge in [-0.1, -0.05) is 28.4 Å². The number of ether oxygens (including phenoxy) is 2. The molecule has 0 bridgehead atoms. The van der Waals surface area contributed by atoms with Crippen LogP contribution in [0.15, 0.2) is 23.8 Å². The first-order chi connectivity index (χ1) is 15.7. The number of aromatic amines is 1. The summed E-state index contributed by atoms with van der Waals surface area (Å²) in [5.74, 6) is -0.184. The Morgan fingerprint density at radius 3 is 2.49 bits per heavy atom. The minimum absolute atomic E-state index is 0. The minimum atomic E-state index is -6.04. The SMILES string of the molecule is C.C.C.C=CCOC1C[C@H](n2cnc3c(=O)[nH]c(N)nc32)O[C@@H]1COP(=O)([O-])OP(=O)([O-])OP(=O)([O-])O. The highest BCUT2D eigenvalue weighted by molar-refractivity contribution is 7.65. The van der Waals surface area contributed by atoms with Crippen LogP contribution in [-0.2, 0) is 36.3 Å². The van der Waals surface area contributed by atoms with Crippen LogP contribution in [0.4, 0.5) is 5.95 Å². The van der Waals surface area contributed by atoms with Crippen molar-refractivity contribution in [1.29, 1.82) is 0 Å². The fourth-order valence-electron chi connectivity index (χ4n) is 2.99. The number of imidazole rings is 1. The lowest BCUT2D eigenvalue weighted by Crippen LogP contribution is -2.30. The predicted molar refractivity (Wildman–Crippen MR) is 124 cm³/mol. The molecule has 18 nitrogen and oxygen atoms in total. The van der Waals surface area contributed by atoms with Gasteiger partial charge in [-0.25, -0.2) is 13.6 Å². The lowest BCUT2D eigenvalue weighted by Gasteiger charge is -2.33. The maximum atomic E-state index is 12.0. The van der Waals surface area contributed by atoms with Crippen LogP contribution < -0.4 is 26.0 Å². The molecular formula is C16H29N5O13P3-3. The van der Waals surface area contributed by atoms with Gasteiger partial charge >= 0.3 is 0 Å². The van der Waals surface area contributed by atoms with Crippen LogP contribution >= 0.6 is 23.5 Å². The van der Waals surface area contributed by atoms with Gasteiger partial charge in [-0.05, 0) is 0 Å². The van der Waals surface area contributed by atoms with Gasteiger partial charge < -0.3 is 39.3 Å². The first kappa shape index (κ1) is 35.2. The van der Waals surface area contributed by atoms with Crippen molar-refractivity contribution in [2.45, 2.75) is 47.1 Å². The Balaban J connectivity index is 0.00000432. The average Bonchev–Trinajstić information content (AvgIpc) is 3.25. The number of nitrogens with two attached hydrogens (primary N) is 1. The molecule has 37 heavy (non-hydrogen) atoms. The number of nitrogen functional groups attached to an aromatic ring is 1. The van der Waals surface area contributed by atoms with Gasteiger partial charge in [0.1, 0.15) is 12.3 Å². The molecule has 0 aliphatic carbocycles. The topological polar surface area (TPSA) is 276 Å². The van der Waals surface area contributed by atoms with Crippen LogP contribution in [0.2, 0.25) is 0 Å². The number of H-pyrrole nitrogens is 1. The molecule has 0 amide bonds. The van der Waals surface area contributed by atoms with E-state index in [4.69, 9.17) is 20.1 Å². The summed E-state index contributed by atoms with van der Waals surface area (Å²) in [5.41, 5.74) is 5.00. The average molecular weight is 592 g/mol. The Morgan fingerprint density at radius 1 is 1.24 bits per heavy atom. The molecule has 1 fully saturated rings. The Morgan fingerprint density at radius 2 is 1.89 bits per heavy atom. The van der Waals surface area contributed by atoms with Crippen molar-refractivity contribution in [2.75, 3.05) is 18.9 Å². The van der Waals surface area contributed by atoms with E-state index in [1.165, 1.54) is 17.0 Å². The number of fused-ring (bicyclic) bond motifs is 1. The third-order valence-corrected chi connectivity index (χ3v) is 7.86. The lowest BCUT2D eigenvalue weighted by atomic mass is 10.2. The van der Waals surface area contributed by atoms with Crippen molar-refractivity contribution in [3.8, 4) is 0 Å². The molecule has 0 saturated carbocycles. The van der Waals surface area contributed by atoms with Crippen LogP contribution in [0, 0.1) is 0 Å². The summed E-state index contributed by atoms with van der Waals surface area (Å²) in [5, 5.41) is 0. The summed E-state index contributed by atoms with van der Waals surface area (Å²) in [7, 11) is -17.6. The van der Waals surface area contributed by atoms with Crippen molar-refractivity contribution >= 4 is 40.6 Å². The number of hydrogen-bond acceptors (Lipinski definition) is 15. The van der Waals surface area contributed by atoms with E-state index in [1.54, 1.807) is 0 Å². The van der Waals surface area contributed by atoms with Crippen LogP contribution in [0.5, 0.6) is 0 Å². The van der Waals surface area contributed by atoms with Gasteiger partial charge in [-0.3, -0.25) is 28.0 Å². The molecular weight excluding hydrogens is 563 g/mol. The Labute approximate surface area is 211 Å². The standard InChI is InChI=1S/C13H20N5O13P3.3CH4/c1-2-3-27-7-4-9(18-6-15-10-11(18)16-13(14)17-12(10)19)29-8(7)5-28-33(23,24)31-34(25,26)30-32(20,21)22;;;/h2,6-9H,1,3-5H2,(H,23,24)(H,25,26)(H2,20,21,22)(H3,14,16,17,19);3*1H4/p-3/t7?,8-,9-;;;/m1.../s1. The lowest BCUT2D eigenvalue weighted by molar-refractivity contribution is -0.250. The van der Waals surface area contributed by atoms with Crippen molar-refractivity contribution < 1.29 is 55.9 Å². The number of phosphoric ester groups is 1. The van der Waals surface area contributed by atoms with Gasteiger partial charge in [-0.15, -0.1) is 6.58 Å². The zero-order valence-electron chi connectivity index (χ0n) is 16.8. The van der Waals surface area contributed by atoms with E-state index in [0.29, 0.717) is 0 Å². The summed E-state index contributed by atoms with van der Waals surface area (Å²) in [6, 6.07) is 0. The van der Waals surface area contributed by atoms with Crippen LogP contribution in [0.3, 0.4) is 0 Å². The summed E-state index contributed by atoms with van der Waals surface area (Å²) in [6.07, 6.45) is -0.115. The van der Waals surface area contributed by atoms with E-state index in [2.05, 4.69) is 34.7 Å². The van der Waals surface area contributed by atoms with E-state index in [1.807, 2.05) is 0 Å². The first-order valence-corrected chi connectivity index (χ1v) is 13.4. The Hall–Kier alpha value is -1.78. The fourth-order valence-corrected chi connectivity index (χ4v) is 5.89. The minimum Gasteiger partial charge on any atom is -0.756 e. The van der Waals surface area contributed by atoms with Gasteiger partial charge in [0, 0.05) is 6.42 Å². The van der Waals surface area contributed by atoms with E-state index in [0.717, 1.165) is 0 Å². The second-order valence-electron chi connectivity index (χ2n) is 6.62. The highest BCUT2D eigenvalue weighted by Crippen LogP contribution is 2.61. The summed E-state index contributed by atoms with van der Waals surface area (Å²) < 4.78 is 57.5. The molecule has 3 heterocycles. The molecule has 214 valence electrons. The maximum absolute atomic E-state index is 12.0. The smallest absolute Gasteiger partial charge is 0.280 e. The maximum Gasteiger partial charge on any atom is 0.280 e. The number of phosphoric acid groups is 3. The number of hydrogen-bond donors (Lipinski definition) is 3. The third-order valence-electron chi connectivity index (χ3n) is 4.17. The van der Waals surface area contributed by atoms with Crippen LogP contribution in [-0.4, -0.2) is 49.8 Å². The second-order valence-corrected chi connectivity index (χ2v) is 10.9. The molecule has 1 saturated heterocycles. The quantitative estimate of drug-likeness (QED) is 0.227. The van der Waals surface area contributed by atoms with Crippen molar-refractivity contribution in [3.05, 3.63) is 29.3 Å². The molecule has 0 aromatic carbocycles. The molecule has 0 spiro atoms. The largest absolute Gasteiger partial charge is 0.756 e. The molecule has 4 unspecified atom stereocenters. The van der Waals surface area contributed by atoms with Crippen molar-refractivity contribution in [1.82, 2.24) is 19.5 Å². The van der Waals surface area contributed by atoms with Gasteiger partial charge in [0.05, 0.1) is 25.6 Å². The molecule has 0 radical (unpaired) electrons. The number of rotatable bonds is 11. The molecule has 1 aliphatic heterocycles. The van der Waals surface area contributed by atoms with Crippen molar-refractivity contribution in [3.63, 3.8) is 0 Å². The molecule has 1 aliphatic rings. The summed E-state index contributed by atoms with van der Waals surface area (Å²) >= 11 is 0. The zero-order chi connectivity index (χ0) is 25.3. The van der Waals surface area contributed by atoms with E-state index in [-0.39, 0.29) is 52.4 Å². The van der Waals surface area contributed by atoms with Gasteiger partial charge in [0.2, 0.25) is 5.95 Å². The predicted octanol–water partition coefficient (Wildman–Crippen LogP) is -0.0839. The summed E-state index contributed by atoms with van der Waals surface area (Å²) in [4.78, 5) is 64.3. The highest BCUT2D eigenvalue weighted by Gasteiger charge is 2.39. The van der Waals surface area contributed by atoms with Gasteiger partial charge in [0.15, 0.2) is 11.2 Å². The first-order valence-electron chi connectivity index (χ1n) is 9.03. The van der Waals surface area contributed by atoms with Crippen LogP contribution in [0.1, 0.15) is 34.9 Å². The fraction of sp³-hybridized carbons (Fsp3) is 0.562. The number of aromatic nitrogens is 4. The molecule has 21 heteroatoms. The Kier molecular flexibility index (Phi) is 12.7. The Bertz CT molecular complexity index is 1260. The number of nitrogens with zero attached hydrogens (tertiary/aromatic N) is 3. The highest BCUT2D eigenvalue weighted by atomic mass is 31.3. The molecule has 4 N–H and O–H groups in total. The van der Waals surface area contributed by atoms with Crippen LogP contribution in [0.25, 0.3) is 11.2 Å². The van der Waals surface area contributed by atoms with Gasteiger partial charge in [-0.2, -0.15) is 4.98 Å². The zero-order valence-corrected chi connectivity index (χ0v) is 19.5. The third kappa shape index (κ3) is 9.48. The summed E-state index contributed by atoms with van der Waals surface area (Å²) in [6.45, 7) is 2.68. The molecule has 6 atom stereocenters.